The molecular formula is C19H26N2O2. The Hall–Kier alpha value is -1.55. The number of amides is 1. The van der Waals surface area contributed by atoms with Gasteiger partial charge >= 0.3 is 0 Å². The molecule has 0 spiro atoms. The summed E-state index contributed by atoms with van der Waals surface area (Å²) in [6.07, 6.45) is 5.53. The van der Waals surface area contributed by atoms with Gasteiger partial charge in [-0.25, -0.2) is 0 Å². The number of likely N-dealkylation sites (tertiary alicyclic amines) is 2. The third-order valence-corrected chi connectivity index (χ3v) is 5.70. The summed E-state index contributed by atoms with van der Waals surface area (Å²) in [5.41, 5.74) is 1.33. The number of nitrogens with zero attached hydrogens (tertiary/aromatic N) is 2. The van der Waals surface area contributed by atoms with Crippen molar-refractivity contribution < 1.29 is 9.53 Å². The predicted molar refractivity (Wildman–Crippen MR) is 89.3 cm³/mol. The van der Waals surface area contributed by atoms with Crippen LogP contribution in [0.1, 0.15) is 37.7 Å². The smallest absolute Gasteiger partial charge is 0.222 e. The van der Waals surface area contributed by atoms with Crippen molar-refractivity contribution in [3.05, 3.63) is 29.8 Å². The van der Waals surface area contributed by atoms with Crippen LogP contribution in [-0.2, 0) is 11.3 Å². The normalized spacial score (nSPS) is 28.0. The topological polar surface area (TPSA) is 32.8 Å². The lowest BCUT2D eigenvalue weighted by atomic mass is 9.95. The van der Waals surface area contributed by atoms with Gasteiger partial charge in [0.15, 0.2) is 0 Å². The second-order valence-electron chi connectivity index (χ2n) is 7.27. The molecule has 2 atom stereocenters. The van der Waals surface area contributed by atoms with Crippen LogP contribution in [0, 0.1) is 5.92 Å². The maximum Gasteiger partial charge on any atom is 0.222 e. The van der Waals surface area contributed by atoms with Crippen molar-refractivity contribution >= 4 is 5.91 Å². The summed E-state index contributed by atoms with van der Waals surface area (Å²) >= 11 is 0. The first-order chi connectivity index (χ1) is 11.2. The number of fused-ring (bicyclic) bond motifs is 1. The van der Waals surface area contributed by atoms with Crippen LogP contribution in [0.4, 0.5) is 0 Å². The molecule has 2 aliphatic heterocycles. The molecule has 4 nitrogen and oxygen atoms in total. The van der Waals surface area contributed by atoms with Crippen molar-refractivity contribution in [3.63, 3.8) is 0 Å². The summed E-state index contributed by atoms with van der Waals surface area (Å²) in [6, 6.07) is 9.38. The number of carbonyl (C=O) groups excluding carboxylic acids is 1. The van der Waals surface area contributed by atoms with Crippen LogP contribution in [-0.4, -0.2) is 48.0 Å². The van der Waals surface area contributed by atoms with Gasteiger partial charge < -0.3 is 9.64 Å². The minimum atomic E-state index is 0.393. The number of methoxy groups -OCH3 is 1. The highest BCUT2D eigenvalue weighted by Crippen LogP contribution is 2.37. The number of ether oxygens (including phenoxy) is 1. The predicted octanol–water partition coefficient (Wildman–Crippen LogP) is 2.67. The van der Waals surface area contributed by atoms with Gasteiger partial charge in [-0.15, -0.1) is 0 Å². The maximum absolute atomic E-state index is 12.3. The van der Waals surface area contributed by atoms with E-state index in [2.05, 4.69) is 21.9 Å². The van der Waals surface area contributed by atoms with Crippen LogP contribution < -0.4 is 4.74 Å². The molecule has 124 valence electrons. The Labute approximate surface area is 138 Å². The van der Waals surface area contributed by atoms with Crippen molar-refractivity contribution in [2.45, 2.75) is 50.7 Å². The molecule has 1 saturated carbocycles. The molecule has 2 heterocycles. The van der Waals surface area contributed by atoms with E-state index < -0.39 is 0 Å². The van der Waals surface area contributed by atoms with E-state index >= 15 is 0 Å². The number of rotatable bonds is 5. The Morgan fingerprint density at radius 1 is 1.09 bits per heavy atom. The van der Waals surface area contributed by atoms with E-state index in [0.717, 1.165) is 50.6 Å². The lowest BCUT2D eigenvalue weighted by Gasteiger charge is -2.40. The fourth-order valence-corrected chi connectivity index (χ4v) is 4.22. The minimum Gasteiger partial charge on any atom is -0.497 e. The zero-order chi connectivity index (χ0) is 15.8. The molecule has 23 heavy (non-hydrogen) atoms. The average Bonchev–Trinajstić information content (AvgIpc) is 3.31. The molecule has 2 saturated heterocycles. The number of piperidine rings is 1. The molecular weight excluding hydrogens is 288 g/mol. The van der Waals surface area contributed by atoms with Crippen LogP contribution in [0.25, 0.3) is 0 Å². The number of hydrogen-bond acceptors (Lipinski definition) is 3. The average molecular weight is 314 g/mol. The van der Waals surface area contributed by atoms with Gasteiger partial charge in [0.05, 0.1) is 7.11 Å². The quantitative estimate of drug-likeness (QED) is 0.838. The van der Waals surface area contributed by atoms with Gasteiger partial charge in [0.2, 0.25) is 5.91 Å². The van der Waals surface area contributed by atoms with Gasteiger partial charge in [-0.2, -0.15) is 0 Å². The van der Waals surface area contributed by atoms with E-state index in [-0.39, 0.29) is 0 Å². The van der Waals surface area contributed by atoms with Crippen molar-refractivity contribution in [2.75, 3.05) is 20.2 Å². The molecule has 0 bridgehead atoms. The summed E-state index contributed by atoms with van der Waals surface area (Å²) in [5.74, 6) is 2.09. The fourth-order valence-electron chi connectivity index (χ4n) is 4.22. The molecule has 4 heteroatoms. The van der Waals surface area contributed by atoms with E-state index in [0.29, 0.717) is 18.0 Å². The van der Waals surface area contributed by atoms with Crippen LogP contribution in [0.2, 0.25) is 0 Å². The Morgan fingerprint density at radius 2 is 1.87 bits per heavy atom. The molecule has 3 fully saturated rings. The lowest BCUT2D eigenvalue weighted by molar-refractivity contribution is -0.138. The van der Waals surface area contributed by atoms with E-state index in [4.69, 9.17) is 4.74 Å². The molecule has 4 rings (SSSR count). The van der Waals surface area contributed by atoms with Gasteiger partial charge in [-0.1, -0.05) is 12.1 Å². The van der Waals surface area contributed by atoms with Gasteiger partial charge in [0, 0.05) is 38.1 Å². The van der Waals surface area contributed by atoms with Gasteiger partial charge in [0.25, 0.3) is 0 Å². The van der Waals surface area contributed by atoms with Crippen LogP contribution in [0.15, 0.2) is 24.3 Å². The highest BCUT2D eigenvalue weighted by atomic mass is 16.5. The van der Waals surface area contributed by atoms with Crippen molar-refractivity contribution in [1.29, 1.82) is 0 Å². The third-order valence-electron chi connectivity index (χ3n) is 5.70. The van der Waals surface area contributed by atoms with E-state index in [1.54, 1.807) is 7.11 Å². The standard InChI is InChI=1S/C19H26N2O2/c1-23-16-6-4-14(5-7-16)12-20-11-10-18-17(20)8-9-19(22)21(18)13-15-2-3-15/h4-7,15,17-18H,2-3,8-13H2,1H3/t17-,18-/m1/s1. The third kappa shape index (κ3) is 3.09. The number of carbonyl (C=O) groups is 1. The largest absolute Gasteiger partial charge is 0.497 e. The fraction of sp³-hybridized carbons (Fsp3) is 0.632. The Bertz CT molecular complexity index is 567. The molecule has 1 aliphatic carbocycles. The maximum atomic E-state index is 12.3. The minimum absolute atomic E-state index is 0.393. The summed E-state index contributed by atoms with van der Waals surface area (Å²) < 4.78 is 5.24. The number of benzene rings is 1. The highest BCUT2D eigenvalue weighted by Gasteiger charge is 2.44. The number of hydrogen-bond donors (Lipinski definition) is 0. The summed E-state index contributed by atoms with van der Waals surface area (Å²) in [5, 5.41) is 0. The van der Waals surface area contributed by atoms with Crippen LogP contribution in [0.3, 0.4) is 0 Å². The Balaban J connectivity index is 1.43. The summed E-state index contributed by atoms with van der Waals surface area (Å²) in [7, 11) is 1.70. The Morgan fingerprint density at radius 3 is 2.57 bits per heavy atom. The summed E-state index contributed by atoms with van der Waals surface area (Å²) in [6.45, 7) is 3.10. The second kappa shape index (κ2) is 6.16. The molecule has 1 aromatic rings. The van der Waals surface area contributed by atoms with E-state index in [9.17, 15) is 4.79 Å². The monoisotopic (exact) mass is 314 g/mol. The molecule has 1 amide bonds. The van der Waals surface area contributed by atoms with E-state index in [1.807, 2.05) is 12.1 Å². The van der Waals surface area contributed by atoms with Gasteiger partial charge in [0.1, 0.15) is 5.75 Å². The lowest BCUT2D eigenvalue weighted by Crippen LogP contribution is -2.52. The molecule has 3 aliphatic rings. The van der Waals surface area contributed by atoms with Crippen molar-refractivity contribution in [1.82, 2.24) is 9.80 Å². The first-order valence-corrected chi connectivity index (χ1v) is 8.91. The molecule has 0 N–H and O–H groups in total. The van der Waals surface area contributed by atoms with Crippen LogP contribution >= 0.6 is 0 Å². The molecule has 0 aromatic heterocycles. The second-order valence-corrected chi connectivity index (χ2v) is 7.27. The van der Waals surface area contributed by atoms with Gasteiger partial charge in [-0.3, -0.25) is 9.69 Å². The molecule has 0 unspecified atom stereocenters. The Kier molecular flexibility index (Phi) is 4.02. The highest BCUT2D eigenvalue weighted by molar-refractivity contribution is 5.77. The summed E-state index contributed by atoms with van der Waals surface area (Å²) in [4.78, 5) is 17.1. The van der Waals surface area contributed by atoms with Gasteiger partial charge in [-0.05, 0) is 49.3 Å². The SMILES string of the molecule is COc1ccc(CN2CC[C@@H]3[C@H]2CCC(=O)N3CC2CC2)cc1. The van der Waals surface area contributed by atoms with Crippen molar-refractivity contribution in [2.24, 2.45) is 5.92 Å². The zero-order valence-electron chi connectivity index (χ0n) is 13.9. The van der Waals surface area contributed by atoms with Crippen molar-refractivity contribution in [3.8, 4) is 5.75 Å². The first kappa shape index (κ1) is 15.0. The molecule has 1 aromatic carbocycles. The first-order valence-electron chi connectivity index (χ1n) is 8.91. The molecule has 0 radical (unpaired) electrons. The zero-order valence-corrected chi connectivity index (χ0v) is 13.9. The van der Waals surface area contributed by atoms with Crippen LogP contribution in [0.5, 0.6) is 5.75 Å². The van der Waals surface area contributed by atoms with E-state index in [1.165, 1.54) is 18.4 Å².